The Labute approximate surface area is 195 Å². The number of hydrogen-bond donors (Lipinski definition) is 0. The van der Waals surface area contributed by atoms with Crippen LogP contribution < -0.4 is 0 Å². The maximum atomic E-state index is 13.5. The maximum absolute atomic E-state index is 13.5. The van der Waals surface area contributed by atoms with Crippen molar-refractivity contribution in [1.29, 1.82) is 0 Å². The molecule has 0 atom stereocenters. The molecule has 0 spiro atoms. The standard InChI is InChI=1S/C27H19FN6/c1-18-5-8-23(16-30-18)34-17-25(24-4-2-3-12-29-24)32-27(34)19-6-9-22(10-7-19)33-13-11-20-14-21(28)15-31-26(20)33/h2-17H,1H3. The van der Waals surface area contributed by atoms with E-state index in [0.717, 1.165) is 45.2 Å². The van der Waals surface area contributed by atoms with Crippen LogP contribution in [0, 0.1) is 12.7 Å². The molecule has 6 aromatic rings. The third kappa shape index (κ3) is 3.53. The van der Waals surface area contributed by atoms with Crippen LogP contribution in [0.5, 0.6) is 0 Å². The number of aryl methyl sites for hydroxylation is 1. The maximum Gasteiger partial charge on any atom is 0.145 e. The number of nitrogens with zero attached hydrogens (tertiary/aromatic N) is 6. The molecule has 0 aliphatic rings. The Bertz CT molecular complexity index is 1600. The van der Waals surface area contributed by atoms with Crippen LogP contribution in [0.3, 0.4) is 0 Å². The molecular formula is C27H19FN6. The summed E-state index contributed by atoms with van der Waals surface area (Å²) in [7, 11) is 0. The molecule has 5 heterocycles. The van der Waals surface area contributed by atoms with Gasteiger partial charge in [-0.25, -0.2) is 14.4 Å². The molecule has 0 radical (unpaired) electrons. The number of halogens is 1. The Balaban J connectivity index is 1.44. The summed E-state index contributed by atoms with van der Waals surface area (Å²) < 4.78 is 17.5. The van der Waals surface area contributed by atoms with Crippen molar-refractivity contribution in [3.05, 3.63) is 109 Å². The van der Waals surface area contributed by atoms with Gasteiger partial charge in [0.25, 0.3) is 0 Å². The normalized spacial score (nSPS) is 11.2. The second kappa shape index (κ2) is 8.04. The summed E-state index contributed by atoms with van der Waals surface area (Å²) in [6.45, 7) is 1.96. The van der Waals surface area contributed by atoms with E-state index in [-0.39, 0.29) is 5.82 Å². The first kappa shape index (κ1) is 20.0. The van der Waals surface area contributed by atoms with Gasteiger partial charge in [0.05, 0.1) is 23.8 Å². The lowest BCUT2D eigenvalue weighted by atomic mass is 10.2. The van der Waals surface area contributed by atoms with E-state index in [1.807, 2.05) is 95.3 Å². The average molecular weight is 446 g/mol. The molecule has 7 heteroatoms. The SMILES string of the molecule is Cc1ccc(-n2cc(-c3ccccn3)nc2-c2ccc(-n3ccc4cc(F)cnc43)cc2)cn1. The van der Waals surface area contributed by atoms with Gasteiger partial charge in [0.15, 0.2) is 0 Å². The van der Waals surface area contributed by atoms with Gasteiger partial charge in [0.2, 0.25) is 0 Å². The first-order valence-corrected chi connectivity index (χ1v) is 10.8. The fraction of sp³-hybridized carbons (Fsp3) is 0.0370. The zero-order chi connectivity index (χ0) is 23.1. The van der Waals surface area contributed by atoms with Crippen molar-refractivity contribution in [3.8, 4) is 34.2 Å². The molecule has 0 aliphatic carbocycles. The molecular weight excluding hydrogens is 427 g/mol. The highest BCUT2D eigenvalue weighted by atomic mass is 19.1. The van der Waals surface area contributed by atoms with Crippen molar-refractivity contribution >= 4 is 11.0 Å². The lowest BCUT2D eigenvalue weighted by Crippen LogP contribution is -1.98. The summed E-state index contributed by atoms with van der Waals surface area (Å²) in [6, 6.07) is 21.2. The van der Waals surface area contributed by atoms with Crippen molar-refractivity contribution in [3.63, 3.8) is 0 Å². The summed E-state index contributed by atoms with van der Waals surface area (Å²) in [5.74, 6) is 0.442. The minimum absolute atomic E-state index is 0.346. The van der Waals surface area contributed by atoms with Crippen LogP contribution >= 0.6 is 0 Å². The Morgan fingerprint density at radius 2 is 1.62 bits per heavy atom. The molecule has 0 bridgehead atoms. The van der Waals surface area contributed by atoms with E-state index in [1.165, 1.54) is 12.3 Å². The minimum Gasteiger partial charge on any atom is -0.301 e. The number of aromatic nitrogens is 6. The molecule has 0 unspecified atom stereocenters. The molecule has 0 saturated carbocycles. The monoisotopic (exact) mass is 446 g/mol. The number of fused-ring (bicyclic) bond motifs is 1. The molecule has 0 aliphatic heterocycles. The molecule has 1 aromatic carbocycles. The summed E-state index contributed by atoms with van der Waals surface area (Å²) in [5.41, 5.74) is 6.03. The Hall–Kier alpha value is -4.65. The number of pyridine rings is 3. The second-order valence-corrected chi connectivity index (χ2v) is 7.99. The van der Waals surface area contributed by atoms with Gasteiger partial charge in [0, 0.05) is 40.9 Å². The van der Waals surface area contributed by atoms with E-state index in [9.17, 15) is 4.39 Å². The van der Waals surface area contributed by atoms with E-state index in [2.05, 4.69) is 15.0 Å². The summed E-state index contributed by atoms with van der Waals surface area (Å²) in [6.07, 6.45) is 8.71. The topological polar surface area (TPSA) is 61.4 Å². The predicted molar refractivity (Wildman–Crippen MR) is 129 cm³/mol. The van der Waals surface area contributed by atoms with Crippen molar-refractivity contribution in [2.45, 2.75) is 6.92 Å². The van der Waals surface area contributed by atoms with Crippen LogP contribution in [0.25, 0.3) is 45.2 Å². The van der Waals surface area contributed by atoms with Crippen LogP contribution in [-0.4, -0.2) is 29.1 Å². The van der Waals surface area contributed by atoms with Gasteiger partial charge < -0.3 is 4.57 Å². The van der Waals surface area contributed by atoms with Gasteiger partial charge in [-0.1, -0.05) is 6.07 Å². The molecule has 0 amide bonds. The van der Waals surface area contributed by atoms with Crippen molar-refractivity contribution in [1.82, 2.24) is 29.1 Å². The lowest BCUT2D eigenvalue weighted by Gasteiger charge is -2.09. The average Bonchev–Trinajstić information content (AvgIpc) is 3.50. The molecule has 6 rings (SSSR count). The van der Waals surface area contributed by atoms with Gasteiger partial charge in [-0.15, -0.1) is 0 Å². The minimum atomic E-state index is -0.346. The number of benzene rings is 1. The molecule has 5 aromatic heterocycles. The van der Waals surface area contributed by atoms with Crippen LogP contribution in [0.1, 0.15) is 5.69 Å². The Morgan fingerprint density at radius 3 is 2.38 bits per heavy atom. The molecule has 34 heavy (non-hydrogen) atoms. The van der Waals surface area contributed by atoms with Crippen molar-refractivity contribution in [2.75, 3.05) is 0 Å². The number of imidazole rings is 1. The summed E-state index contributed by atoms with van der Waals surface area (Å²) in [5, 5.41) is 0.756. The Kier molecular flexibility index (Phi) is 4.73. The summed E-state index contributed by atoms with van der Waals surface area (Å²) in [4.78, 5) is 18.1. The quantitative estimate of drug-likeness (QED) is 0.344. The molecule has 0 fully saturated rings. The van der Waals surface area contributed by atoms with Gasteiger partial charge in [-0.3, -0.25) is 14.5 Å². The summed E-state index contributed by atoms with van der Waals surface area (Å²) >= 11 is 0. The molecule has 0 N–H and O–H groups in total. The van der Waals surface area contributed by atoms with E-state index in [0.29, 0.717) is 5.65 Å². The number of hydrogen-bond acceptors (Lipinski definition) is 4. The third-order valence-electron chi connectivity index (χ3n) is 5.70. The smallest absolute Gasteiger partial charge is 0.145 e. The largest absolute Gasteiger partial charge is 0.301 e. The second-order valence-electron chi connectivity index (χ2n) is 7.99. The first-order chi connectivity index (χ1) is 16.7. The highest BCUT2D eigenvalue weighted by Gasteiger charge is 2.15. The third-order valence-corrected chi connectivity index (χ3v) is 5.70. The van der Waals surface area contributed by atoms with Gasteiger partial charge in [-0.2, -0.15) is 0 Å². The van der Waals surface area contributed by atoms with Gasteiger partial charge in [-0.05, 0) is 67.6 Å². The van der Waals surface area contributed by atoms with Crippen LogP contribution in [-0.2, 0) is 0 Å². The van der Waals surface area contributed by atoms with Gasteiger partial charge >= 0.3 is 0 Å². The zero-order valence-corrected chi connectivity index (χ0v) is 18.3. The van der Waals surface area contributed by atoms with Crippen LogP contribution in [0.2, 0.25) is 0 Å². The van der Waals surface area contributed by atoms with Crippen molar-refractivity contribution in [2.24, 2.45) is 0 Å². The van der Waals surface area contributed by atoms with Crippen LogP contribution in [0.15, 0.2) is 97.7 Å². The molecule has 164 valence electrons. The van der Waals surface area contributed by atoms with Gasteiger partial charge in [0.1, 0.15) is 23.0 Å². The highest BCUT2D eigenvalue weighted by molar-refractivity contribution is 5.78. The number of rotatable bonds is 4. The highest BCUT2D eigenvalue weighted by Crippen LogP contribution is 2.28. The Morgan fingerprint density at radius 1 is 0.765 bits per heavy atom. The molecule has 6 nitrogen and oxygen atoms in total. The fourth-order valence-corrected chi connectivity index (χ4v) is 4.00. The van der Waals surface area contributed by atoms with E-state index < -0.39 is 0 Å². The van der Waals surface area contributed by atoms with E-state index in [4.69, 9.17) is 4.98 Å². The fourth-order valence-electron chi connectivity index (χ4n) is 4.00. The predicted octanol–water partition coefficient (Wildman–Crippen LogP) is 5.78. The van der Waals surface area contributed by atoms with E-state index >= 15 is 0 Å². The molecule has 0 saturated heterocycles. The van der Waals surface area contributed by atoms with Crippen molar-refractivity contribution < 1.29 is 4.39 Å². The van der Waals surface area contributed by atoms with E-state index in [1.54, 1.807) is 6.20 Å². The van der Waals surface area contributed by atoms with Crippen LogP contribution in [0.4, 0.5) is 4.39 Å². The first-order valence-electron chi connectivity index (χ1n) is 10.8. The zero-order valence-electron chi connectivity index (χ0n) is 18.3. The lowest BCUT2D eigenvalue weighted by molar-refractivity contribution is 0.624.